The van der Waals surface area contributed by atoms with Crippen LogP contribution in [-0.4, -0.2) is 6.08 Å². The molecule has 0 saturated carbocycles. The summed E-state index contributed by atoms with van der Waals surface area (Å²) in [5.74, 6) is -1.35. The van der Waals surface area contributed by atoms with Crippen molar-refractivity contribution in [2.75, 3.05) is 0 Å². The minimum absolute atomic E-state index is 0.223. The molecule has 0 aliphatic rings. The molecular formula is C9H5F4NO. The van der Waals surface area contributed by atoms with Crippen LogP contribution in [0.5, 0.6) is 0 Å². The molecule has 2 nitrogen and oxygen atoms in total. The molecular weight excluding hydrogens is 214 g/mol. The topological polar surface area (TPSA) is 29.4 Å². The second-order valence-corrected chi connectivity index (χ2v) is 2.83. The fraction of sp³-hybridized carbons (Fsp3) is 0.222. The lowest BCUT2D eigenvalue weighted by atomic mass is 10.1. The van der Waals surface area contributed by atoms with Gasteiger partial charge in [0, 0.05) is 0 Å². The second kappa shape index (κ2) is 3.82. The predicted octanol–water partition coefficient (Wildman–Crippen LogP) is 3.12. The van der Waals surface area contributed by atoms with Crippen LogP contribution in [0.4, 0.5) is 23.2 Å². The first-order chi connectivity index (χ1) is 6.86. The molecule has 80 valence electrons. The van der Waals surface area contributed by atoms with Gasteiger partial charge in [-0.2, -0.15) is 18.2 Å². The molecule has 1 rings (SSSR count). The summed E-state index contributed by atoms with van der Waals surface area (Å²) < 4.78 is 49.9. The van der Waals surface area contributed by atoms with Gasteiger partial charge in [0.05, 0.1) is 11.3 Å². The number of hydrogen-bond donors (Lipinski definition) is 0. The third-order valence-corrected chi connectivity index (χ3v) is 1.72. The van der Waals surface area contributed by atoms with E-state index < -0.39 is 17.6 Å². The van der Waals surface area contributed by atoms with Crippen LogP contribution in [0.1, 0.15) is 11.1 Å². The average molecular weight is 219 g/mol. The number of isocyanates is 1. The molecule has 15 heavy (non-hydrogen) atoms. The van der Waals surface area contributed by atoms with Crippen molar-refractivity contribution in [3.63, 3.8) is 0 Å². The Morgan fingerprint density at radius 3 is 2.40 bits per heavy atom. The number of hydrogen-bond acceptors (Lipinski definition) is 2. The molecule has 0 N–H and O–H groups in total. The van der Waals surface area contributed by atoms with Crippen molar-refractivity contribution in [1.82, 2.24) is 0 Å². The van der Waals surface area contributed by atoms with E-state index in [1.54, 1.807) is 0 Å². The monoisotopic (exact) mass is 219 g/mol. The zero-order chi connectivity index (χ0) is 11.6. The Labute approximate surface area is 82.2 Å². The molecule has 6 heteroatoms. The summed E-state index contributed by atoms with van der Waals surface area (Å²) >= 11 is 0. The smallest absolute Gasteiger partial charge is 0.211 e. The number of nitrogens with zero attached hydrogens (tertiary/aromatic N) is 1. The lowest BCUT2D eigenvalue weighted by Crippen LogP contribution is -2.08. The molecule has 0 fully saturated rings. The Balaban J connectivity index is 3.44. The number of benzene rings is 1. The lowest BCUT2D eigenvalue weighted by molar-refractivity contribution is -0.140. The van der Waals surface area contributed by atoms with Gasteiger partial charge in [0.15, 0.2) is 0 Å². The van der Waals surface area contributed by atoms with Crippen molar-refractivity contribution >= 4 is 11.8 Å². The molecule has 0 saturated heterocycles. The SMILES string of the molecule is Cc1cc(N=C=O)cc(C(F)(F)F)c1F. The maximum Gasteiger partial charge on any atom is 0.419 e. The quantitative estimate of drug-likeness (QED) is 0.405. The molecule has 0 aliphatic carbocycles. The first-order valence-electron chi connectivity index (χ1n) is 3.81. The predicted molar refractivity (Wildman–Crippen MR) is 43.9 cm³/mol. The van der Waals surface area contributed by atoms with Gasteiger partial charge in [0.2, 0.25) is 6.08 Å². The Hall–Kier alpha value is -1.68. The molecule has 0 bridgehead atoms. The summed E-state index contributed by atoms with van der Waals surface area (Å²) in [6, 6.07) is 1.50. The van der Waals surface area contributed by atoms with E-state index >= 15 is 0 Å². The molecule has 0 aromatic heterocycles. The minimum atomic E-state index is -4.80. The van der Waals surface area contributed by atoms with Crippen LogP contribution in [0.3, 0.4) is 0 Å². The van der Waals surface area contributed by atoms with E-state index in [9.17, 15) is 22.4 Å². The van der Waals surface area contributed by atoms with Crippen LogP contribution in [0, 0.1) is 12.7 Å². The third kappa shape index (κ3) is 2.41. The average Bonchev–Trinajstić information content (AvgIpc) is 2.09. The van der Waals surface area contributed by atoms with Gasteiger partial charge in [0.1, 0.15) is 5.82 Å². The maximum absolute atomic E-state index is 13.1. The largest absolute Gasteiger partial charge is 0.419 e. The summed E-state index contributed by atoms with van der Waals surface area (Å²) in [5, 5.41) is 0. The second-order valence-electron chi connectivity index (χ2n) is 2.83. The Morgan fingerprint density at radius 2 is 1.93 bits per heavy atom. The maximum atomic E-state index is 13.1. The van der Waals surface area contributed by atoms with Crippen molar-refractivity contribution in [3.8, 4) is 0 Å². The van der Waals surface area contributed by atoms with Crippen LogP contribution >= 0.6 is 0 Å². The Kier molecular flexibility index (Phi) is 2.90. The zero-order valence-electron chi connectivity index (χ0n) is 7.52. The highest BCUT2D eigenvalue weighted by Gasteiger charge is 2.35. The van der Waals surface area contributed by atoms with Gasteiger partial charge in [-0.25, -0.2) is 9.18 Å². The van der Waals surface area contributed by atoms with Crippen LogP contribution in [0.15, 0.2) is 17.1 Å². The summed E-state index contributed by atoms with van der Waals surface area (Å²) in [6.45, 7) is 1.16. The highest BCUT2D eigenvalue weighted by Crippen LogP contribution is 2.35. The van der Waals surface area contributed by atoms with Gasteiger partial charge >= 0.3 is 6.18 Å². The number of aliphatic imine (C=N–C) groups is 1. The highest BCUT2D eigenvalue weighted by atomic mass is 19.4. The zero-order valence-corrected chi connectivity index (χ0v) is 7.52. The molecule has 0 unspecified atom stereocenters. The van der Waals surface area contributed by atoms with E-state index in [-0.39, 0.29) is 11.3 Å². The summed E-state index contributed by atoms with van der Waals surface area (Å²) in [4.78, 5) is 12.9. The van der Waals surface area contributed by atoms with Crippen LogP contribution in [0.25, 0.3) is 0 Å². The molecule has 0 radical (unpaired) electrons. The van der Waals surface area contributed by atoms with Gasteiger partial charge in [-0.15, -0.1) is 0 Å². The minimum Gasteiger partial charge on any atom is -0.211 e. The fourth-order valence-corrected chi connectivity index (χ4v) is 1.07. The van der Waals surface area contributed by atoms with E-state index in [1.807, 2.05) is 0 Å². The van der Waals surface area contributed by atoms with E-state index in [2.05, 4.69) is 4.99 Å². The summed E-state index contributed by atoms with van der Waals surface area (Å²) in [7, 11) is 0. The van der Waals surface area contributed by atoms with E-state index in [1.165, 1.54) is 0 Å². The van der Waals surface area contributed by atoms with E-state index in [0.29, 0.717) is 6.07 Å². The van der Waals surface area contributed by atoms with Crippen LogP contribution < -0.4 is 0 Å². The number of rotatable bonds is 1. The number of carbonyl (C=O) groups excluding carboxylic acids is 1. The highest BCUT2D eigenvalue weighted by molar-refractivity contribution is 5.52. The van der Waals surface area contributed by atoms with Gasteiger partial charge in [-0.05, 0) is 24.6 Å². The van der Waals surface area contributed by atoms with Crippen molar-refractivity contribution < 1.29 is 22.4 Å². The van der Waals surface area contributed by atoms with E-state index in [0.717, 1.165) is 19.1 Å². The summed E-state index contributed by atoms with van der Waals surface area (Å²) in [5.41, 5.74) is -1.92. The normalized spacial score (nSPS) is 11.0. The molecule has 0 spiro atoms. The van der Waals surface area contributed by atoms with Crippen LogP contribution in [0.2, 0.25) is 0 Å². The standard InChI is InChI=1S/C9H5F4NO/c1-5-2-6(14-4-15)3-7(8(5)10)9(11,12)13/h2-3H,1H3. The Bertz CT molecular complexity index is 432. The van der Waals surface area contributed by atoms with Gasteiger partial charge < -0.3 is 0 Å². The molecule has 0 atom stereocenters. The van der Waals surface area contributed by atoms with Gasteiger partial charge in [0.25, 0.3) is 0 Å². The van der Waals surface area contributed by atoms with Gasteiger partial charge in [-0.3, -0.25) is 0 Å². The van der Waals surface area contributed by atoms with Crippen molar-refractivity contribution in [3.05, 3.63) is 29.1 Å². The van der Waals surface area contributed by atoms with Crippen molar-refractivity contribution in [2.24, 2.45) is 4.99 Å². The molecule has 1 aromatic carbocycles. The van der Waals surface area contributed by atoms with Crippen molar-refractivity contribution in [2.45, 2.75) is 13.1 Å². The third-order valence-electron chi connectivity index (χ3n) is 1.72. The van der Waals surface area contributed by atoms with Gasteiger partial charge in [-0.1, -0.05) is 0 Å². The fourth-order valence-electron chi connectivity index (χ4n) is 1.07. The molecule has 0 aliphatic heterocycles. The molecule has 1 aromatic rings. The number of aryl methyl sites for hydroxylation is 1. The molecule has 0 heterocycles. The number of alkyl halides is 3. The summed E-state index contributed by atoms with van der Waals surface area (Å²) in [6.07, 6.45) is -3.71. The first kappa shape index (κ1) is 11.4. The van der Waals surface area contributed by atoms with E-state index in [4.69, 9.17) is 0 Å². The lowest BCUT2D eigenvalue weighted by Gasteiger charge is -2.09. The van der Waals surface area contributed by atoms with Crippen LogP contribution in [-0.2, 0) is 11.0 Å². The van der Waals surface area contributed by atoms with Crippen molar-refractivity contribution in [1.29, 1.82) is 0 Å². The first-order valence-corrected chi connectivity index (χ1v) is 3.81. The Morgan fingerprint density at radius 1 is 1.33 bits per heavy atom. The number of halogens is 4. The molecule has 0 amide bonds.